The zero-order valence-corrected chi connectivity index (χ0v) is 14.3. The molecule has 0 radical (unpaired) electrons. The van der Waals surface area contributed by atoms with Crippen LogP contribution in [0.1, 0.15) is 47.5 Å². The van der Waals surface area contributed by atoms with E-state index in [9.17, 15) is 9.59 Å². The van der Waals surface area contributed by atoms with Gasteiger partial charge in [0.15, 0.2) is 0 Å². The van der Waals surface area contributed by atoms with Crippen molar-refractivity contribution in [2.24, 2.45) is 0 Å². The highest BCUT2D eigenvalue weighted by molar-refractivity contribution is 5.93. The number of hydrogen-bond donors (Lipinski definition) is 0. The summed E-state index contributed by atoms with van der Waals surface area (Å²) >= 11 is 0. The lowest BCUT2D eigenvalue weighted by molar-refractivity contribution is -0.138. The molecule has 1 aliphatic heterocycles. The number of esters is 1. The van der Waals surface area contributed by atoms with Crippen LogP contribution < -0.4 is 0 Å². The van der Waals surface area contributed by atoms with Gasteiger partial charge < -0.3 is 14.4 Å². The van der Waals surface area contributed by atoms with Gasteiger partial charge in [-0.05, 0) is 46.1 Å². The molecule has 0 unspecified atom stereocenters. The second kappa shape index (κ2) is 8.01. The zero-order valence-electron chi connectivity index (χ0n) is 14.3. The fraction of sp³-hybridized carbons (Fsp3) is 0.647. The van der Waals surface area contributed by atoms with Crippen LogP contribution in [0.4, 0.5) is 4.79 Å². The molecule has 0 N–H and O–H groups in total. The highest BCUT2D eigenvalue weighted by atomic mass is 16.6. The average molecular weight is 309 g/mol. The zero-order chi connectivity index (χ0) is 16.8. The van der Waals surface area contributed by atoms with Gasteiger partial charge in [-0.3, -0.25) is 0 Å². The summed E-state index contributed by atoms with van der Waals surface area (Å²) in [5.41, 5.74) is 0.858. The second-order valence-electron chi connectivity index (χ2n) is 6.17. The van der Waals surface area contributed by atoms with E-state index in [0.717, 1.165) is 12.0 Å². The third kappa shape index (κ3) is 5.54. The topological polar surface area (TPSA) is 55.8 Å². The molecule has 124 valence electrons. The third-order valence-corrected chi connectivity index (χ3v) is 3.05. The highest BCUT2D eigenvalue weighted by Crippen LogP contribution is 2.21. The largest absolute Gasteiger partial charge is 0.462 e. The summed E-state index contributed by atoms with van der Waals surface area (Å²) in [6.07, 6.45) is 4.94. The van der Waals surface area contributed by atoms with E-state index in [-0.39, 0.29) is 12.1 Å². The summed E-state index contributed by atoms with van der Waals surface area (Å²) in [7, 11) is 0. The highest BCUT2D eigenvalue weighted by Gasteiger charge is 2.27. The van der Waals surface area contributed by atoms with Gasteiger partial charge in [0.25, 0.3) is 0 Å². The minimum atomic E-state index is -0.526. The van der Waals surface area contributed by atoms with Crippen molar-refractivity contribution in [1.29, 1.82) is 0 Å². The van der Waals surface area contributed by atoms with Gasteiger partial charge in [0.1, 0.15) is 5.60 Å². The van der Waals surface area contributed by atoms with Crippen LogP contribution in [-0.4, -0.2) is 42.3 Å². The summed E-state index contributed by atoms with van der Waals surface area (Å²) in [6.45, 7) is 10.6. The van der Waals surface area contributed by atoms with Crippen LogP contribution in [0, 0.1) is 0 Å². The van der Waals surface area contributed by atoms with Crippen LogP contribution in [0.3, 0.4) is 0 Å². The number of amides is 1. The van der Waals surface area contributed by atoms with Gasteiger partial charge in [-0.25, -0.2) is 9.59 Å². The van der Waals surface area contributed by atoms with Crippen LogP contribution in [0.25, 0.3) is 0 Å². The lowest BCUT2D eigenvalue weighted by Gasteiger charge is -2.30. The van der Waals surface area contributed by atoms with Gasteiger partial charge >= 0.3 is 12.1 Å². The first-order valence-electron chi connectivity index (χ1n) is 7.83. The summed E-state index contributed by atoms with van der Waals surface area (Å²) < 4.78 is 10.5. The van der Waals surface area contributed by atoms with Crippen LogP contribution in [0.15, 0.2) is 23.3 Å². The number of rotatable bonds is 4. The van der Waals surface area contributed by atoms with Crippen molar-refractivity contribution in [3.8, 4) is 0 Å². The number of nitrogens with zero attached hydrogens (tertiary/aromatic N) is 1. The van der Waals surface area contributed by atoms with Crippen molar-refractivity contribution in [1.82, 2.24) is 4.90 Å². The summed E-state index contributed by atoms with van der Waals surface area (Å²) in [6, 6.07) is 0. The number of ether oxygens (including phenoxy) is 2. The first-order valence-corrected chi connectivity index (χ1v) is 7.83. The van der Waals surface area contributed by atoms with E-state index >= 15 is 0 Å². The van der Waals surface area contributed by atoms with Crippen LogP contribution in [0.2, 0.25) is 0 Å². The number of carbonyl (C=O) groups is 2. The van der Waals surface area contributed by atoms with E-state index in [4.69, 9.17) is 9.47 Å². The van der Waals surface area contributed by atoms with Crippen LogP contribution >= 0.6 is 0 Å². The van der Waals surface area contributed by atoms with E-state index in [1.54, 1.807) is 11.8 Å². The van der Waals surface area contributed by atoms with Gasteiger partial charge in [-0.15, -0.1) is 0 Å². The molecule has 0 spiro atoms. The van der Waals surface area contributed by atoms with Gasteiger partial charge in [-0.2, -0.15) is 0 Å². The minimum Gasteiger partial charge on any atom is -0.462 e. The van der Waals surface area contributed by atoms with Crippen LogP contribution in [0.5, 0.6) is 0 Å². The molecule has 0 fully saturated rings. The fourth-order valence-electron chi connectivity index (χ4n) is 2.18. The lowest BCUT2D eigenvalue weighted by Crippen LogP contribution is -2.40. The van der Waals surface area contributed by atoms with Gasteiger partial charge in [0.2, 0.25) is 0 Å². The maximum atomic E-state index is 12.2. The van der Waals surface area contributed by atoms with Crippen molar-refractivity contribution < 1.29 is 19.1 Å². The maximum Gasteiger partial charge on any atom is 0.410 e. The summed E-state index contributed by atoms with van der Waals surface area (Å²) in [4.78, 5) is 25.9. The number of hydrogen-bond acceptors (Lipinski definition) is 4. The Hall–Kier alpha value is -1.78. The molecule has 5 nitrogen and oxygen atoms in total. The van der Waals surface area contributed by atoms with Gasteiger partial charge in [0.05, 0.1) is 12.2 Å². The molecule has 0 aromatic rings. The van der Waals surface area contributed by atoms with E-state index < -0.39 is 5.60 Å². The summed E-state index contributed by atoms with van der Waals surface area (Å²) in [5, 5.41) is 0. The molecule has 0 aromatic carbocycles. The molecule has 1 aliphatic rings. The van der Waals surface area contributed by atoms with E-state index in [0.29, 0.717) is 31.7 Å². The molecule has 0 aliphatic carbocycles. The SMILES string of the molecule is CCC=C(C(=O)OCC)C1=CCCN(C(=O)OC(C)(C)C)C1. The van der Waals surface area contributed by atoms with Crippen molar-refractivity contribution in [2.45, 2.75) is 53.1 Å². The molecular formula is C17H27NO4. The molecule has 5 heteroatoms. The van der Waals surface area contributed by atoms with E-state index in [1.165, 1.54) is 0 Å². The van der Waals surface area contributed by atoms with Crippen LogP contribution in [-0.2, 0) is 14.3 Å². The number of allylic oxidation sites excluding steroid dienone is 1. The van der Waals surface area contributed by atoms with Crippen molar-refractivity contribution in [2.75, 3.05) is 19.7 Å². The van der Waals surface area contributed by atoms with Crippen molar-refractivity contribution in [3.63, 3.8) is 0 Å². The minimum absolute atomic E-state index is 0.332. The molecule has 22 heavy (non-hydrogen) atoms. The van der Waals surface area contributed by atoms with Crippen molar-refractivity contribution >= 4 is 12.1 Å². The molecule has 0 atom stereocenters. The quantitative estimate of drug-likeness (QED) is 0.589. The number of carbonyl (C=O) groups excluding carboxylic acids is 2. The Bertz CT molecular complexity index is 472. The Balaban J connectivity index is 2.84. The van der Waals surface area contributed by atoms with E-state index in [1.807, 2.05) is 39.8 Å². The summed E-state index contributed by atoms with van der Waals surface area (Å²) in [5.74, 6) is -0.332. The Labute approximate surface area is 133 Å². The predicted octanol–water partition coefficient (Wildman–Crippen LogP) is 3.45. The smallest absolute Gasteiger partial charge is 0.410 e. The van der Waals surface area contributed by atoms with Gasteiger partial charge in [-0.1, -0.05) is 19.1 Å². The fourth-order valence-corrected chi connectivity index (χ4v) is 2.18. The molecule has 1 rings (SSSR count). The molecule has 0 saturated heterocycles. The average Bonchev–Trinajstić information content (AvgIpc) is 2.43. The third-order valence-electron chi connectivity index (χ3n) is 3.05. The molecule has 1 amide bonds. The molecule has 0 saturated carbocycles. The maximum absolute atomic E-state index is 12.2. The van der Waals surface area contributed by atoms with E-state index in [2.05, 4.69) is 0 Å². The first kappa shape index (κ1) is 18.3. The predicted molar refractivity (Wildman–Crippen MR) is 85.5 cm³/mol. The Morgan fingerprint density at radius 1 is 1.32 bits per heavy atom. The molecule has 0 aromatic heterocycles. The van der Waals surface area contributed by atoms with Crippen molar-refractivity contribution in [3.05, 3.63) is 23.3 Å². The molecule has 1 heterocycles. The standard InChI is InChI=1S/C17H27NO4/c1-6-9-14(15(19)21-7-2)13-10-8-11-18(12-13)16(20)22-17(3,4)5/h9-10H,6-8,11-12H2,1-5H3. The Morgan fingerprint density at radius 3 is 2.55 bits per heavy atom. The normalized spacial score (nSPS) is 16.1. The second-order valence-corrected chi connectivity index (χ2v) is 6.17. The first-order chi connectivity index (χ1) is 10.3. The molecule has 0 bridgehead atoms. The monoisotopic (exact) mass is 309 g/mol. The lowest BCUT2D eigenvalue weighted by atomic mass is 10.0. The Morgan fingerprint density at radius 2 is 2.00 bits per heavy atom. The Kier molecular flexibility index (Phi) is 6.65. The molecular weight excluding hydrogens is 282 g/mol. The van der Waals surface area contributed by atoms with Gasteiger partial charge in [0, 0.05) is 13.1 Å².